The lowest BCUT2D eigenvalue weighted by molar-refractivity contribution is -0.145. The normalized spacial score (nSPS) is 15.1. The summed E-state index contributed by atoms with van der Waals surface area (Å²) in [7, 11) is 0. The van der Waals surface area contributed by atoms with E-state index < -0.39 is 12.1 Å². The molecule has 0 radical (unpaired) electrons. The predicted octanol–water partition coefficient (Wildman–Crippen LogP) is 3.42. The third kappa shape index (κ3) is 3.80. The van der Waals surface area contributed by atoms with Crippen molar-refractivity contribution in [3.8, 4) is 0 Å². The minimum atomic E-state index is -0.904. The Morgan fingerprint density at radius 2 is 2.14 bits per heavy atom. The first kappa shape index (κ1) is 19.3. The molecule has 4 rings (SSSR count). The monoisotopic (exact) mass is 411 g/mol. The Balaban J connectivity index is 1.42. The fourth-order valence-electron chi connectivity index (χ4n) is 3.59. The van der Waals surface area contributed by atoms with E-state index in [0.29, 0.717) is 29.4 Å². The smallest absolute Gasteiger partial charge is 0.312 e. The summed E-state index contributed by atoms with van der Waals surface area (Å²) >= 11 is 1.33. The van der Waals surface area contributed by atoms with Crippen LogP contribution in [0.4, 0.5) is 5.13 Å². The van der Waals surface area contributed by atoms with Crippen molar-refractivity contribution < 1.29 is 19.1 Å². The number of aryl methyl sites for hydroxylation is 1. The Kier molecular flexibility index (Phi) is 5.19. The van der Waals surface area contributed by atoms with Gasteiger partial charge in [0.2, 0.25) is 11.7 Å². The molecule has 1 fully saturated rings. The van der Waals surface area contributed by atoms with E-state index in [1.54, 1.807) is 17.2 Å². The van der Waals surface area contributed by atoms with Crippen LogP contribution >= 0.6 is 11.3 Å². The molecule has 0 aliphatic carbocycles. The lowest BCUT2D eigenvalue weighted by atomic mass is 10.0. The number of aromatic amines is 1. The molecule has 1 aliphatic heterocycles. The van der Waals surface area contributed by atoms with Crippen LogP contribution in [0.25, 0.3) is 10.9 Å². The largest absolute Gasteiger partial charge is 0.454 e. The number of H-pyrrole nitrogens is 1. The highest BCUT2D eigenvalue weighted by atomic mass is 32.1. The Morgan fingerprint density at radius 1 is 1.34 bits per heavy atom. The van der Waals surface area contributed by atoms with Crippen LogP contribution in [-0.4, -0.2) is 40.3 Å². The van der Waals surface area contributed by atoms with Gasteiger partial charge in [-0.2, -0.15) is 0 Å². The van der Waals surface area contributed by atoms with Crippen LogP contribution in [0.1, 0.15) is 41.5 Å². The second kappa shape index (κ2) is 7.79. The standard InChI is InChI=1S/C21H21N3O4S/c1-12-19(15-6-3-4-7-16(15)22-12)20(27)13(2)28-18(26)10-14-11-29-21(23-14)24-9-5-8-17(24)25/h3-4,6-7,11,13,22H,5,8-10H2,1-2H3. The second-order valence-electron chi connectivity index (χ2n) is 7.11. The van der Waals surface area contributed by atoms with Crippen LogP contribution in [-0.2, 0) is 20.7 Å². The molecule has 3 heterocycles. The fourth-order valence-corrected chi connectivity index (χ4v) is 4.46. The summed E-state index contributed by atoms with van der Waals surface area (Å²) in [5.41, 5.74) is 2.71. The number of aromatic nitrogens is 2. The molecular weight excluding hydrogens is 390 g/mol. The first-order valence-electron chi connectivity index (χ1n) is 9.50. The number of fused-ring (bicyclic) bond motifs is 1. The molecule has 1 atom stereocenters. The van der Waals surface area contributed by atoms with Gasteiger partial charge in [0.15, 0.2) is 11.2 Å². The lowest BCUT2D eigenvalue weighted by Gasteiger charge is -2.12. The number of esters is 1. The average molecular weight is 411 g/mol. The van der Waals surface area contributed by atoms with Crippen LogP contribution in [0.2, 0.25) is 0 Å². The van der Waals surface area contributed by atoms with Gasteiger partial charge in [-0.1, -0.05) is 18.2 Å². The van der Waals surface area contributed by atoms with E-state index in [0.717, 1.165) is 23.0 Å². The zero-order chi connectivity index (χ0) is 20.5. The molecule has 0 spiro atoms. The average Bonchev–Trinajstić information content (AvgIpc) is 3.38. The van der Waals surface area contributed by atoms with Gasteiger partial charge < -0.3 is 9.72 Å². The first-order chi connectivity index (χ1) is 13.9. The lowest BCUT2D eigenvalue weighted by Crippen LogP contribution is -2.26. The summed E-state index contributed by atoms with van der Waals surface area (Å²) in [4.78, 5) is 46.3. The summed E-state index contributed by atoms with van der Waals surface area (Å²) < 4.78 is 5.38. The highest BCUT2D eigenvalue weighted by Gasteiger charge is 2.26. The number of thiazole rings is 1. The SMILES string of the molecule is Cc1[nH]c2ccccc2c1C(=O)C(C)OC(=O)Cc1csc(N2CCCC2=O)n1. The maximum absolute atomic E-state index is 12.9. The molecule has 150 valence electrons. The van der Waals surface area contributed by atoms with Crippen molar-refractivity contribution in [3.63, 3.8) is 0 Å². The molecule has 7 nitrogen and oxygen atoms in total. The number of rotatable bonds is 6. The Hall–Kier alpha value is -3.00. The summed E-state index contributed by atoms with van der Waals surface area (Å²) in [5, 5.41) is 3.17. The van der Waals surface area contributed by atoms with E-state index in [4.69, 9.17) is 4.74 Å². The van der Waals surface area contributed by atoms with Gasteiger partial charge in [0.25, 0.3) is 0 Å². The number of nitrogens with one attached hydrogen (secondary N) is 1. The van der Waals surface area contributed by atoms with Crippen LogP contribution in [0.3, 0.4) is 0 Å². The summed E-state index contributed by atoms with van der Waals surface area (Å²) in [6.45, 7) is 4.07. The zero-order valence-electron chi connectivity index (χ0n) is 16.2. The van der Waals surface area contributed by atoms with Crippen LogP contribution < -0.4 is 4.90 Å². The van der Waals surface area contributed by atoms with Gasteiger partial charge in [0.05, 0.1) is 12.1 Å². The van der Waals surface area contributed by atoms with Crippen molar-refractivity contribution in [2.75, 3.05) is 11.4 Å². The van der Waals surface area contributed by atoms with Crippen molar-refractivity contribution in [2.45, 2.75) is 39.2 Å². The number of carbonyl (C=O) groups excluding carboxylic acids is 3. The highest BCUT2D eigenvalue weighted by Crippen LogP contribution is 2.26. The maximum Gasteiger partial charge on any atom is 0.312 e. The van der Waals surface area contributed by atoms with Crippen molar-refractivity contribution in [1.29, 1.82) is 0 Å². The molecule has 3 aromatic rings. The molecule has 8 heteroatoms. The number of benzene rings is 1. The number of anilines is 1. The summed E-state index contributed by atoms with van der Waals surface area (Å²) in [6, 6.07) is 7.54. The second-order valence-corrected chi connectivity index (χ2v) is 7.95. The molecule has 1 unspecified atom stereocenters. The maximum atomic E-state index is 12.9. The van der Waals surface area contributed by atoms with Gasteiger partial charge in [-0.15, -0.1) is 11.3 Å². The van der Waals surface area contributed by atoms with Gasteiger partial charge >= 0.3 is 5.97 Å². The summed E-state index contributed by atoms with van der Waals surface area (Å²) in [5.74, 6) is -0.704. The Labute approximate surface area is 171 Å². The fraction of sp³-hybridized carbons (Fsp3) is 0.333. The Morgan fingerprint density at radius 3 is 2.90 bits per heavy atom. The Bertz CT molecular complexity index is 1100. The van der Waals surface area contributed by atoms with Crippen LogP contribution in [0, 0.1) is 6.92 Å². The van der Waals surface area contributed by atoms with E-state index in [-0.39, 0.29) is 18.1 Å². The van der Waals surface area contributed by atoms with E-state index in [9.17, 15) is 14.4 Å². The molecular formula is C21H21N3O4S. The third-order valence-corrected chi connectivity index (χ3v) is 5.90. The number of amides is 1. The molecule has 2 aromatic heterocycles. The molecule has 1 aromatic carbocycles. The van der Waals surface area contributed by atoms with Gasteiger partial charge in [0, 0.05) is 40.5 Å². The van der Waals surface area contributed by atoms with E-state index in [2.05, 4.69) is 9.97 Å². The van der Waals surface area contributed by atoms with E-state index >= 15 is 0 Å². The van der Waals surface area contributed by atoms with Crippen molar-refractivity contribution in [3.05, 3.63) is 46.6 Å². The number of carbonyl (C=O) groups is 3. The quantitative estimate of drug-likeness (QED) is 0.496. The number of ether oxygens (including phenoxy) is 1. The van der Waals surface area contributed by atoms with Crippen molar-refractivity contribution >= 4 is 45.0 Å². The highest BCUT2D eigenvalue weighted by molar-refractivity contribution is 7.14. The molecule has 0 saturated carbocycles. The molecule has 0 bridgehead atoms. The number of nitrogens with zero attached hydrogens (tertiary/aromatic N) is 2. The van der Waals surface area contributed by atoms with Crippen LogP contribution in [0.15, 0.2) is 29.6 Å². The van der Waals surface area contributed by atoms with E-state index in [1.807, 2.05) is 31.2 Å². The number of hydrogen-bond acceptors (Lipinski definition) is 6. The van der Waals surface area contributed by atoms with Crippen molar-refractivity contribution in [1.82, 2.24) is 9.97 Å². The molecule has 1 N–H and O–H groups in total. The third-order valence-electron chi connectivity index (χ3n) is 4.99. The van der Waals surface area contributed by atoms with Gasteiger partial charge in [-0.3, -0.25) is 19.3 Å². The number of ketones is 1. The van der Waals surface area contributed by atoms with Crippen molar-refractivity contribution in [2.24, 2.45) is 0 Å². The van der Waals surface area contributed by atoms with Crippen LogP contribution in [0.5, 0.6) is 0 Å². The topological polar surface area (TPSA) is 92.4 Å². The minimum Gasteiger partial charge on any atom is -0.454 e. The van der Waals surface area contributed by atoms with E-state index in [1.165, 1.54) is 11.3 Å². The van der Waals surface area contributed by atoms with Gasteiger partial charge in [-0.25, -0.2) is 4.98 Å². The van der Waals surface area contributed by atoms with Gasteiger partial charge in [-0.05, 0) is 26.3 Å². The summed E-state index contributed by atoms with van der Waals surface area (Å²) in [6.07, 6.45) is 0.411. The molecule has 29 heavy (non-hydrogen) atoms. The predicted molar refractivity (Wildman–Crippen MR) is 110 cm³/mol. The molecule has 1 saturated heterocycles. The zero-order valence-corrected chi connectivity index (χ0v) is 17.0. The molecule has 1 amide bonds. The van der Waals surface area contributed by atoms with Gasteiger partial charge in [0.1, 0.15) is 0 Å². The number of para-hydroxylation sites is 1. The number of Topliss-reactive ketones (excluding diaryl/α,β-unsaturated/α-hetero) is 1. The molecule has 1 aliphatic rings. The minimum absolute atomic E-state index is 0.0387. The first-order valence-corrected chi connectivity index (χ1v) is 10.4. The number of hydrogen-bond donors (Lipinski definition) is 1.